The molecule has 0 heterocycles. The maximum atomic E-state index is 11.3. The number of aromatic hydroxyl groups is 1. The van der Waals surface area contributed by atoms with Crippen LogP contribution in [0.15, 0.2) is 48.5 Å². The molecule has 1 saturated carbocycles. The average Bonchev–Trinajstić information content (AvgIpc) is 3.15. The maximum absolute atomic E-state index is 11.3. The smallest absolute Gasteiger partial charge is 0.252 e. The van der Waals surface area contributed by atoms with E-state index in [0.717, 1.165) is 19.3 Å². The van der Waals surface area contributed by atoms with Gasteiger partial charge in [-0.05, 0) is 49.1 Å². The molecule has 27 heavy (non-hydrogen) atoms. The van der Waals surface area contributed by atoms with Gasteiger partial charge in [0, 0.05) is 31.4 Å². The first kappa shape index (κ1) is 19.2. The largest absolute Gasteiger partial charge is 0.507 e. The van der Waals surface area contributed by atoms with E-state index >= 15 is 0 Å². The van der Waals surface area contributed by atoms with Crippen LogP contribution in [-0.4, -0.2) is 41.8 Å². The molecule has 144 valence electrons. The molecule has 1 aliphatic carbocycles. The summed E-state index contributed by atoms with van der Waals surface area (Å²) >= 11 is 0. The highest BCUT2D eigenvalue weighted by atomic mass is 16.3. The number of nitrogens with one attached hydrogen (secondary N) is 1. The summed E-state index contributed by atoms with van der Waals surface area (Å²) in [6, 6.07) is 15.6. The molecule has 0 radical (unpaired) electrons. The van der Waals surface area contributed by atoms with Crippen molar-refractivity contribution in [3.05, 3.63) is 59.7 Å². The standard InChI is InChI=1S/C21H27N3O3/c1-24(16-5-3-2-4-6-16)17-9-8-15(12-17)23-13-20(26)14-7-10-19(25)18(11-14)21(22)27/h2-7,10-11,15,17,20,23,25-26H,8-9,12-13H2,1H3,(H2,22,27)/t15-,17-,20?/m0/s1. The monoisotopic (exact) mass is 369 g/mol. The first-order chi connectivity index (χ1) is 13.0. The van der Waals surface area contributed by atoms with Crippen LogP contribution in [0.1, 0.15) is 41.3 Å². The van der Waals surface area contributed by atoms with E-state index in [4.69, 9.17) is 5.73 Å². The second kappa shape index (κ2) is 8.41. The predicted octanol–water partition coefficient (Wildman–Crippen LogP) is 2.17. The van der Waals surface area contributed by atoms with Crippen LogP contribution >= 0.6 is 0 Å². The molecule has 1 fully saturated rings. The Balaban J connectivity index is 1.54. The Kier molecular flexibility index (Phi) is 5.98. The lowest BCUT2D eigenvalue weighted by Crippen LogP contribution is -2.34. The zero-order chi connectivity index (χ0) is 19.4. The van der Waals surface area contributed by atoms with Crippen LogP contribution in [0.5, 0.6) is 5.75 Å². The number of aliphatic hydroxyl groups is 1. The molecule has 1 amide bonds. The first-order valence-corrected chi connectivity index (χ1v) is 9.27. The fraction of sp³-hybridized carbons (Fsp3) is 0.381. The van der Waals surface area contributed by atoms with E-state index in [1.165, 1.54) is 17.8 Å². The molecule has 1 unspecified atom stereocenters. The first-order valence-electron chi connectivity index (χ1n) is 9.27. The minimum Gasteiger partial charge on any atom is -0.507 e. The third-order valence-corrected chi connectivity index (χ3v) is 5.39. The zero-order valence-electron chi connectivity index (χ0n) is 15.5. The summed E-state index contributed by atoms with van der Waals surface area (Å²) in [5.41, 5.74) is 7.05. The molecule has 0 aromatic heterocycles. The highest BCUT2D eigenvalue weighted by Gasteiger charge is 2.28. The highest BCUT2D eigenvalue weighted by molar-refractivity contribution is 5.95. The number of carbonyl (C=O) groups is 1. The van der Waals surface area contributed by atoms with Crippen molar-refractivity contribution in [2.75, 3.05) is 18.5 Å². The Morgan fingerprint density at radius 2 is 2.00 bits per heavy atom. The van der Waals surface area contributed by atoms with Gasteiger partial charge in [0.1, 0.15) is 5.75 Å². The average molecular weight is 369 g/mol. The van der Waals surface area contributed by atoms with Crippen molar-refractivity contribution >= 4 is 11.6 Å². The normalized spacial score (nSPS) is 20.4. The van der Waals surface area contributed by atoms with Gasteiger partial charge < -0.3 is 26.2 Å². The SMILES string of the molecule is CN(c1ccccc1)[C@H]1CC[C@H](NCC(O)c2ccc(O)c(C(N)=O)c2)C1. The second-order valence-electron chi connectivity index (χ2n) is 7.18. The highest BCUT2D eigenvalue weighted by Crippen LogP contribution is 2.28. The minimum absolute atomic E-state index is 0.0250. The number of anilines is 1. The lowest BCUT2D eigenvalue weighted by atomic mass is 10.0. The van der Waals surface area contributed by atoms with Crippen molar-refractivity contribution in [3.8, 4) is 5.75 Å². The number of carbonyl (C=O) groups excluding carboxylic acids is 1. The van der Waals surface area contributed by atoms with Gasteiger partial charge in [-0.25, -0.2) is 0 Å². The van der Waals surface area contributed by atoms with E-state index in [9.17, 15) is 15.0 Å². The third-order valence-electron chi connectivity index (χ3n) is 5.39. The fourth-order valence-corrected chi connectivity index (χ4v) is 3.72. The summed E-state index contributed by atoms with van der Waals surface area (Å²) in [5.74, 6) is -0.883. The van der Waals surface area contributed by atoms with Crippen LogP contribution in [0, 0.1) is 0 Å². The molecule has 1 aliphatic rings. The number of primary amides is 1. The molecule has 0 aliphatic heterocycles. The summed E-state index contributed by atoms with van der Waals surface area (Å²) in [6.07, 6.45) is 2.40. The fourth-order valence-electron chi connectivity index (χ4n) is 3.72. The van der Waals surface area contributed by atoms with Gasteiger partial charge in [-0.3, -0.25) is 4.79 Å². The van der Waals surface area contributed by atoms with Crippen molar-refractivity contribution < 1.29 is 15.0 Å². The molecular formula is C21H27N3O3. The lowest BCUT2D eigenvalue weighted by Gasteiger charge is -2.27. The molecule has 6 heteroatoms. The van der Waals surface area contributed by atoms with Crippen molar-refractivity contribution in [3.63, 3.8) is 0 Å². The lowest BCUT2D eigenvalue weighted by molar-refractivity contribution is 0.0997. The second-order valence-corrected chi connectivity index (χ2v) is 7.18. The Morgan fingerprint density at radius 3 is 2.70 bits per heavy atom. The van der Waals surface area contributed by atoms with Crippen molar-refractivity contribution in [1.29, 1.82) is 0 Å². The van der Waals surface area contributed by atoms with E-state index < -0.39 is 12.0 Å². The van der Waals surface area contributed by atoms with Gasteiger partial charge >= 0.3 is 0 Å². The van der Waals surface area contributed by atoms with E-state index in [1.54, 1.807) is 6.07 Å². The summed E-state index contributed by atoms with van der Waals surface area (Å²) in [7, 11) is 2.12. The van der Waals surface area contributed by atoms with Gasteiger partial charge in [0.2, 0.25) is 0 Å². The third kappa shape index (κ3) is 4.59. The summed E-state index contributed by atoms with van der Waals surface area (Å²) in [6.45, 7) is 0.384. The van der Waals surface area contributed by atoms with Crippen molar-refractivity contribution in [2.45, 2.75) is 37.5 Å². The van der Waals surface area contributed by atoms with Crippen LogP contribution in [0.3, 0.4) is 0 Å². The van der Waals surface area contributed by atoms with E-state index in [2.05, 4.69) is 29.4 Å². The van der Waals surface area contributed by atoms with Gasteiger partial charge in [0.15, 0.2) is 0 Å². The molecule has 2 aromatic carbocycles. The molecule has 3 atom stereocenters. The van der Waals surface area contributed by atoms with Crippen LogP contribution < -0.4 is 16.0 Å². The zero-order valence-corrected chi connectivity index (χ0v) is 15.5. The summed E-state index contributed by atoms with van der Waals surface area (Å²) in [5, 5.41) is 23.5. The molecular weight excluding hydrogens is 342 g/mol. The maximum Gasteiger partial charge on any atom is 0.252 e. The van der Waals surface area contributed by atoms with E-state index in [0.29, 0.717) is 24.2 Å². The number of aliphatic hydroxyl groups excluding tert-OH is 1. The van der Waals surface area contributed by atoms with Crippen LogP contribution in [0.2, 0.25) is 0 Å². The number of hydrogen-bond acceptors (Lipinski definition) is 5. The van der Waals surface area contributed by atoms with Gasteiger partial charge in [0.25, 0.3) is 5.91 Å². The van der Waals surface area contributed by atoms with Gasteiger partial charge in [0.05, 0.1) is 11.7 Å². The number of para-hydroxylation sites is 1. The van der Waals surface area contributed by atoms with E-state index in [-0.39, 0.29) is 11.3 Å². The Labute approximate surface area is 159 Å². The number of phenols is 1. The minimum atomic E-state index is -0.769. The van der Waals surface area contributed by atoms with Crippen LogP contribution in [0.4, 0.5) is 5.69 Å². The van der Waals surface area contributed by atoms with Gasteiger partial charge in [-0.15, -0.1) is 0 Å². The Morgan fingerprint density at radius 1 is 1.26 bits per heavy atom. The molecule has 2 aromatic rings. The Bertz CT molecular complexity index is 781. The topological polar surface area (TPSA) is 98.8 Å². The van der Waals surface area contributed by atoms with Crippen molar-refractivity contribution in [2.24, 2.45) is 5.73 Å². The van der Waals surface area contributed by atoms with Crippen LogP contribution in [0.25, 0.3) is 0 Å². The molecule has 3 rings (SSSR count). The molecule has 0 saturated heterocycles. The Hall–Kier alpha value is -2.57. The summed E-state index contributed by atoms with van der Waals surface area (Å²) in [4.78, 5) is 13.7. The number of rotatable bonds is 7. The number of nitrogens with zero attached hydrogens (tertiary/aromatic N) is 1. The number of benzene rings is 2. The molecule has 0 bridgehead atoms. The molecule has 0 spiro atoms. The number of amides is 1. The molecule has 5 N–H and O–H groups in total. The van der Waals surface area contributed by atoms with Crippen molar-refractivity contribution in [1.82, 2.24) is 5.32 Å². The molecule has 6 nitrogen and oxygen atoms in total. The van der Waals surface area contributed by atoms with Gasteiger partial charge in [-0.1, -0.05) is 24.3 Å². The quantitative estimate of drug-likeness (QED) is 0.600. The number of hydrogen-bond donors (Lipinski definition) is 4. The van der Waals surface area contributed by atoms with E-state index in [1.807, 2.05) is 18.2 Å². The number of nitrogens with two attached hydrogens (primary N) is 1. The predicted molar refractivity (Wildman–Crippen MR) is 106 cm³/mol. The van der Waals surface area contributed by atoms with Gasteiger partial charge in [-0.2, -0.15) is 0 Å². The van der Waals surface area contributed by atoms with Crippen LogP contribution in [-0.2, 0) is 0 Å². The summed E-state index contributed by atoms with van der Waals surface area (Å²) < 4.78 is 0.